The van der Waals surface area contributed by atoms with Crippen LogP contribution in [0.25, 0.3) is 12.2 Å². The highest BCUT2D eigenvalue weighted by atomic mass is 16.5. The van der Waals surface area contributed by atoms with Crippen LogP contribution in [0.3, 0.4) is 0 Å². The summed E-state index contributed by atoms with van der Waals surface area (Å²) in [6.45, 7) is 0. The van der Waals surface area contributed by atoms with Crippen LogP contribution in [0, 0.1) is 0 Å². The highest BCUT2D eigenvalue weighted by Gasteiger charge is 2.12. The molecule has 0 unspecified atom stereocenters. The van der Waals surface area contributed by atoms with Gasteiger partial charge in [0.1, 0.15) is 5.75 Å². The van der Waals surface area contributed by atoms with Gasteiger partial charge in [-0.25, -0.2) is 0 Å². The second-order valence-electron chi connectivity index (χ2n) is 5.00. The van der Waals surface area contributed by atoms with Gasteiger partial charge in [-0.1, -0.05) is 18.2 Å². The molecule has 0 aromatic heterocycles. The number of anilines is 1. The van der Waals surface area contributed by atoms with Crippen LogP contribution in [0.2, 0.25) is 0 Å². The molecule has 5 heteroatoms. The third-order valence-electron chi connectivity index (χ3n) is 3.65. The number of hydrogen-bond acceptors (Lipinski definition) is 5. The molecule has 0 saturated carbocycles. The molecule has 0 spiro atoms. The highest BCUT2D eigenvalue weighted by Crippen LogP contribution is 2.38. The molecule has 2 rings (SSSR count). The van der Waals surface area contributed by atoms with Crippen molar-refractivity contribution in [3.63, 3.8) is 0 Å². The van der Waals surface area contributed by atoms with E-state index in [0.717, 1.165) is 22.6 Å². The topological polar surface area (TPSA) is 49.0 Å². The van der Waals surface area contributed by atoms with E-state index in [1.54, 1.807) is 28.4 Å². The van der Waals surface area contributed by atoms with E-state index in [-0.39, 0.29) is 0 Å². The standard InChI is InChI=1S/C19H23NO4/c1-20-15-10-13(8-9-16(15)21-2)6-7-14-11-17(22-3)19(24-5)18(12-14)23-4/h6-12,20H,1-5H3/b7-6-. The number of ether oxygens (including phenoxy) is 4. The minimum absolute atomic E-state index is 0.582. The molecule has 2 aromatic carbocycles. The highest BCUT2D eigenvalue weighted by molar-refractivity contribution is 5.75. The molecule has 128 valence electrons. The van der Waals surface area contributed by atoms with Crippen LogP contribution in [0.1, 0.15) is 11.1 Å². The van der Waals surface area contributed by atoms with E-state index in [4.69, 9.17) is 18.9 Å². The van der Waals surface area contributed by atoms with Crippen LogP contribution >= 0.6 is 0 Å². The minimum Gasteiger partial charge on any atom is -0.495 e. The first-order valence-electron chi connectivity index (χ1n) is 7.50. The maximum absolute atomic E-state index is 5.37. The molecule has 0 atom stereocenters. The van der Waals surface area contributed by atoms with Crippen LogP contribution in [0.5, 0.6) is 23.0 Å². The predicted octanol–water partition coefficient (Wildman–Crippen LogP) is 3.93. The Bertz CT molecular complexity index is 700. The Morgan fingerprint density at radius 3 is 1.79 bits per heavy atom. The van der Waals surface area contributed by atoms with Gasteiger partial charge in [-0.05, 0) is 35.4 Å². The van der Waals surface area contributed by atoms with E-state index >= 15 is 0 Å². The van der Waals surface area contributed by atoms with Gasteiger partial charge in [-0.2, -0.15) is 0 Å². The molecule has 1 N–H and O–H groups in total. The number of hydrogen-bond donors (Lipinski definition) is 1. The monoisotopic (exact) mass is 329 g/mol. The summed E-state index contributed by atoms with van der Waals surface area (Å²) in [5.41, 5.74) is 2.93. The lowest BCUT2D eigenvalue weighted by molar-refractivity contribution is 0.324. The van der Waals surface area contributed by atoms with Crippen LogP contribution < -0.4 is 24.3 Å². The van der Waals surface area contributed by atoms with Crippen molar-refractivity contribution < 1.29 is 18.9 Å². The smallest absolute Gasteiger partial charge is 0.203 e. The minimum atomic E-state index is 0.582. The lowest BCUT2D eigenvalue weighted by Crippen LogP contribution is -1.95. The largest absolute Gasteiger partial charge is 0.495 e. The Hall–Kier alpha value is -2.82. The molecule has 0 saturated heterocycles. The Labute approximate surface area is 142 Å². The van der Waals surface area contributed by atoms with E-state index < -0.39 is 0 Å². The molecule has 0 aliphatic rings. The summed E-state index contributed by atoms with van der Waals surface area (Å²) >= 11 is 0. The molecule has 24 heavy (non-hydrogen) atoms. The van der Waals surface area contributed by atoms with Crippen LogP contribution in [0.4, 0.5) is 5.69 Å². The lowest BCUT2D eigenvalue weighted by atomic mass is 10.1. The van der Waals surface area contributed by atoms with Crippen molar-refractivity contribution in [1.82, 2.24) is 0 Å². The Morgan fingerprint density at radius 2 is 1.29 bits per heavy atom. The summed E-state index contributed by atoms with van der Waals surface area (Å²) in [5.74, 6) is 2.64. The summed E-state index contributed by atoms with van der Waals surface area (Å²) in [6.07, 6.45) is 4.01. The van der Waals surface area contributed by atoms with Gasteiger partial charge in [0.15, 0.2) is 11.5 Å². The molecule has 0 heterocycles. The van der Waals surface area contributed by atoms with Crippen LogP contribution in [-0.4, -0.2) is 35.5 Å². The second kappa shape index (κ2) is 8.15. The summed E-state index contributed by atoms with van der Waals surface area (Å²) < 4.78 is 21.4. The van der Waals surface area contributed by atoms with Crippen LogP contribution in [0.15, 0.2) is 30.3 Å². The van der Waals surface area contributed by atoms with Crippen molar-refractivity contribution in [2.75, 3.05) is 40.8 Å². The van der Waals surface area contributed by atoms with E-state index in [0.29, 0.717) is 17.2 Å². The van der Waals surface area contributed by atoms with Crippen molar-refractivity contribution in [2.45, 2.75) is 0 Å². The maximum Gasteiger partial charge on any atom is 0.203 e. The molecular formula is C19H23NO4. The zero-order valence-electron chi connectivity index (χ0n) is 14.7. The zero-order chi connectivity index (χ0) is 17.5. The molecule has 5 nitrogen and oxygen atoms in total. The molecule has 2 aromatic rings. The Balaban J connectivity index is 2.35. The van der Waals surface area contributed by atoms with Crippen LogP contribution in [-0.2, 0) is 0 Å². The van der Waals surface area contributed by atoms with Crippen molar-refractivity contribution in [3.8, 4) is 23.0 Å². The fraction of sp³-hybridized carbons (Fsp3) is 0.263. The quantitative estimate of drug-likeness (QED) is 0.780. The summed E-state index contributed by atoms with van der Waals surface area (Å²) in [4.78, 5) is 0. The molecule has 0 aliphatic carbocycles. The molecule has 0 amide bonds. The van der Waals surface area contributed by atoms with E-state index in [1.165, 1.54) is 0 Å². The number of nitrogens with one attached hydrogen (secondary N) is 1. The number of benzene rings is 2. The Morgan fingerprint density at radius 1 is 0.708 bits per heavy atom. The predicted molar refractivity (Wildman–Crippen MR) is 97.6 cm³/mol. The van der Waals surface area contributed by atoms with Gasteiger partial charge in [0.05, 0.1) is 34.1 Å². The van der Waals surface area contributed by atoms with Gasteiger partial charge in [0, 0.05) is 7.05 Å². The van der Waals surface area contributed by atoms with E-state index in [2.05, 4.69) is 5.32 Å². The second-order valence-corrected chi connectivity index (χ2v) is 5.00. The van der Waals surface area contributed by atoms with Gasteiger partial charge >= 0.3 is 0 Å². The van der Waals surface area contributed by atoms with Gasteiger partial charge in [0.2, 0.25) is 5.75 Å². The zero-order valence-corrected chi connectivity index (χ0v) is 14.7. The van der Waals surface area contributed by atoms with Gasteiger partial charge in [-0.15, -0.1) is 0 Å². The molecule has 0 radical (unpaired) electrons. The van der Waals surface area contributed by atoms with E-state index in [1.807, 2.05) is 49.5 Å². The molecule has 0 fully saturated rings. The normalized spacial score (nSPS) is 10.5. The first-order valence-corrected chi connectivity index (χ1v) is 7.50. The van der Waals surface area contributed by atoms with Crippen molar-refractivity contribution in [2.24, 2.45) is 0 Å². The summed E-state index contributed by atoms with van der Waals surface area (Å²) in [7, 11) is 8.32. The lowest BCUT2D eigenvalue weighted by Gasteiger charge is -2.13. The SMILES string of the molecule is CNc1cc(/C=C\c2cc(OC)c(OC)c(OC)c2)ccc1OC. The van der Waals surface area contributed by atoms with Crippen molar-refractivity contribution >= 4 is 17.8 Å². The average Bonchev–Trinajstić information content (AvgIpc) is 2.64. The molecular weight excluding hydrogens is 306 g/mol. The third-order valence-corrected chi connectivity index (χ3v) is 3.65. The van der Waals surface area contributed by atoms with E-state index in [9.17, 15) is 0 Å². The number of rotatable bonds is 7. The Kier molecular flexibility index (Phi) is 5.95. The first kappa shape index (κ1) is 17.5. The van der Waals surface area contributed by atoms with Gasteiger partial charge in [-0.3, -0.25) is 0 Å². The van der Waals surface area contributed by atoms with Crippen molar-refractivity contribution in [3.05, 3.63) is 41.5 Å². The maximum atomic E-state index is 5.37. The molecule has 0 aliphatic heterocycles. The summed E-state index contributed by atoms with van der Waals surface area (Å²) in [6, 6.07) is 9.75. The fourth-order valence-electron chi connectivity index (χ4n) is 2.41. The van der Waals surface area contributed by atoms with Gasteiger partial charge in [0.25, 0.3) is 0 Å². The first-order chi connectivity index (χ1) is 11.7. The van der Waals surface area contributed by atoms with Crippen molar-refractivity contribution in [1.29, 1.82) is 0 Å². The van der Waals surface area contributed by atoms with Gasteiger partial charge < -0.3 is 24.3 Å². The fourth-order valence-corrected chi connectivity index (χ4v) is 2.41. The summed E-state index contributed by atoms with van der Waals surface area (Å²) in [5, 5.41) is 3.12. The number of methoxy groups -OCH3 is 4. The molecule has 0 bridgehead atoms. The average molecular weight is 329 g/mol. The third kappa shape index (κ3) is 3.74.